The third kappa shape index (κ3) is 11.0. The zero-order valence-electron chi connectivity index (χ0n) is 28.1. The fraction of sp³-hybridized carbons (Fsp3) is 0.324. The summed E-state index contributed by atoms with van der Waals surface area (Å²) in [5.74, 6) is -2.72. The maximum atomic E-state index is 15.6. The summed E-state index contributed by atoms with van der Waals surface area (Å²) >= 11 is 0. The van der Waals surface area contributed by atoms with Gasteiger partial charge in [-0.1, -0.05) is 48.5 Å². The van der Waals surface area contributed by atoms with Crippen molar-refractivity contribution in [1.29, 1.82) is 0 Å². The van der Waals surface area contributed by atoms with E-state index in [0.717, 1.165) is 21.3 Å². The third-order valence-electron chi connectivity index (χ3n) is 7.70. The molecule has 18 heteroatoms. The van der Waals surface area contributed by atoms with E-state index in [4.69, 9.17) is 27.0 Å². The van der Waals surface area contributed by atoms with Gasteiger partial charge in [0.15, 0.2) is 11.6 Å². The van der Waals surface area contributed by atoms with Gasteiger partial charge in [-0.25, -0.2) is 13.6 Å². The van der Waals surface area contributed by atoms with E-state index in [1.54, 1.807) is 37.3 Å². The first kappa shape index (κ1) is 41.5. The van der Waals surface area contributed by atoms with E-state index in [9.17, 15) is 27.6 Å². The Morgan fingerprint density at radius 3 is 2.19 bits per heavy atom. The van der Waals surface area contributed by atoms with Crippen LogP contribution in [0.5, 0.6) is 5.75 Å². The van der Waals surface area contributed by atoms with Gasteiger partial charge in [-0.3, -0.25) is 27.8 Å². The highest BCUT2D eigenvalue weighted by molar-refractivity contribution is 7.79. The van der Waals surface area contributed by atoms with Crippen molar-refractivity contribution in [3.8, 4) is 16.9 Å². The summed E-state index contributed by atoms with van der Waals surface area (Å²) in [5.41, 5.74) is -4.11. The molecule has 3 aromatic carbocycles. The largest absolute Gasteiger partial charge is 0.494 e. The fourth-order valence-corrected chi connectivity index (χ4v) is 5.36. The van der Waals surface area contributed by atoms with Crippen molar-refractivity contribution in [2.24, 2.45) is 0 Å². The lowest BCUT2D eigenvalue weighted by molar-refractivity contribution is -0.143. The third-order valence-corrected chi connectivity index (χ3v) is 7.70. The second-order valence-electron chi connectivity index (χ2n) is 11.1. The minimum absolute atomic E-state index is 0.114. The van der Waals surface area contributed by atoms with E-state index in [-0.39, 0.29) is 54.7 Å². The molecule has 0 saturated heterocycles. The average molecular weight is 758 g/mol. The number of methoxy groups -OCH3 is 1. The van der Waals surface area contributed by atoms with Crippen LogP contribution in [-0.4, -0.2) is 52.9 Å². The van der Waals surface area contributed by atoms with Gasteiger partial charge >= 0.3 is 28.2 Å². The number of halogens is 5. The number of hydrogen-bond acceptors (Lipinski definition) is 8. The number of nitrogens with one attached hydrogen (secondary N) is 1. The fourth-order valence-electron chi connectivity index (χ4n) is 5.36. The first-order chi connectivity index (χ1) is 24.4. The van der Waals surface area contributed by atoms with Crippen molar-refractivity contribution >= 4 is 16.4 Å². The SMILES string of the molecule is CCOC(=O)CCCN[C@H](Cn1c(=O)c(-c2cccc(OC)c2F)c(C)n(Cc2c(F)cccc2C(F)(F)F)c1=O)c1ccccc1.O=S(=O)(O)O. The molecule has 4 rings (SSSR count). The molecule has 3 N–H and O–H groups in total. The Hall–Kier alpha value is -4.91. The van der Waals surface area contributed by atoms with Crippen LogP contribution in [0.15, 0.2) is 76.3 Å². The Balaban J connectivity index is 0.00000136. The van der Waals surface area contributed by atoms with E-state index >= 15 is 8.78 Å². The van der Waals surface area contributed by atoms with E-state index < -0.39 is 63.2 Å². The van der Waals surface area contributed by atoms with Crippen molar-refractivity contribution in [1.82, 2.24) is 14.5 Å². The first-order valence-corrected chi connectivity index (χ1v) is 16.9. The predicted molar refractivity (Wildman–Crippen MR) is 179 cm³/mol. The molecule has 0 saturated carbocycles. The molecule has 1 atom stereocenters. The van der Waals surface area contributed by atoms with Crippen LogP contribution in [-0.2, 0) is 39.2 Å². The second kappa shape index (κ2) is 18.0. The standard InChI is InChI=1S/C34H34F5N3O5.H2O4S/c1-4-47-29(43)17-10-18-40-27(22-11-6-5-7-12-22)20-42-32(44)30(23-13-8-16-28(46-3)31(23)36)21(2)41(33(42)45)19-24-25(34(37,38)39)14-9-15-26(24)35;1-5(2,3)4/h5-9,11-16,27,40H,4,10,17-20H2,1-3H3;(H2,1,2,3,4)/t27-;/m1./s1. The highest BCUT2D eigenvalue weighted by Crippen LogP contribution is 2.34. The predicted octanol–water partition coefficient (Wildman–Crippen LogP) is 5.36. The van der Waals surface area contributed by atoms with Crippen molar-refractivity contribution in [2.75, 3.05) is 20.3 Å². The molecule has 0 aliphatic rings. The number of esters is 1. The number of benzene rings is 3. The van der Waals surface area contributed by atoms with Crippen LogP contribution in [0.4, 0.5) is 22.0 Å². The van der Waals surface area contributed by atoms with Crippen molar-refractivity contribution < 1.29 is 53.7 Å². The van der Waals surface area contributed by atoms with Gasteiger partial charge in [0, 0.05) is 23.2 Å². The van der Waals surface area contributed by atoms with Crippen LogP contribution in [0.2, 0.25) is 0 Å². The number of aromatic nitrogens is 2. The molecule has 12 nitrogen and oxygen atoms in total. The van der Waals surface area contributed by atoms with Gasteiger partial charge in [-0.15, -0.1) is 0 Å². The minimum Gasteiger partial charge on any atom is -0.494 e. The minimum atomic E-state index is -4.95. The first-order valence-electron chi connectivity index (χ1n) is 15.5. The second-order valence-corrected chi connectivity index (χ2v) is 12.0. The Labute approximate surface area is 295 Å². The zero-order chi connectivity index (χ0) is 38.8. The van der Waals surface area contributed by atoms with Gasteiger partial charge < -0.3 is 14.8 Å². The summed E-state index contributed by atoms with van der Waals surface area (Å²) in [7, 11) is -3.44. The summed E-state index contributed by atoms with van der Waals surface area (Å²) < 4.78 is 116. The van der Waals surface area contributed by atoms with Gasteiger partial charge in [-0.05, 0) is 50.6 Å². The average Bonchev–Trinajstić information content (AvgIpc) is 3.06. The van der Waals surface area contributed by atoms with Gasteiger partial charge in [0.2, 0.25) is 0 Å². The van der Waals surface area contributed by atoms with E-state index in [1.807, 2.05) is 0 Å². The molecule has 0 bridgehead atoms. The normalized spacial score (nSPS) is 12.1. The zero-order valence-corrected chi connectivity index (χ0v) is 28.9. The van der Waals surface area contributed by atoms with Crippen molar-refractivity contribution in [2.45, 2.75) is 52.0 Å². The molecule has 0 aliphatic carbocycles. The van der Waals surface area contributed by atoms with Crippen molar-refractivity contribution in [3.05, 3.63) is 122 Å². The van der Waals surface area contributed by atoms with Crippen LogP contribution < -0.4 is 21.3 Å². The monoisotopic (exact) mass is 757 g/mol. The van der Waals surface area contributed by atoms with Gasteiger partial charge in [0.1, 0.15) is 5.82 Å². The molecular weight excluding hydrogens is 721 g/mol. The van der Waals surface area contributed by atoms with Crippen LogP contribution >= 0.6 is 0 Å². The molecule has 0 amide bonds. The molecule has 1 heterocycles. The smallest absolute Gasteiger partial charge is 0.416 e. The Morgan fingerprint density at radius 2 is 1.60 bits per heavy atom. The number of carbonyl (C=O) groups is 1. The number of nitrogens with zero attached hydrogens (tertiary/aromatic N) is 2. The molecule has 4 aromatic rings. The molecule has 52 heavy (non-hydrogen) atoms. The quantitative estimate of drug-likeness (QED) is 0.0700. The summed E-state index contributed by atoms with van der Waals surface area (Å²) in [6, 6.07) is 14.5. The maximum Gasteiger partial charge on any atom is 0.416 e. The number of rotatable bonds is 13. The van der Waals surface area contributed by atoms with Gasteiger partial charge in [-0.2, -0.15) is 21.6 Å². The van der Waals surface area contributed by atoms with Gasteiger partial charge in [0.25, 0.3) is 5.56 Å². The Kier molecular flexibility index (Phi) is 14.4. The van der Waals surface area contributed by atoms with Crippen LogP contribution in [0.25, 0.3) is 11.1 Å². The Bertz CT molecular complexity index is 2080. The molecule has 282 valence electrons. The number of alkyl halides is 3. The lowest BCUT2D eigenvalue weighted by Gasteiger charge is -2.24. The molecule has 0 aliphatic heterocycles. The van der Waals surface area contributed by atoms with Crippen molar-refractivity contribution in [3.63, 3.8) is 0 Å². The highest BCUT2D eigenvalue weighted by Gasteiger charge is 2.35. The number of ether oxygens (including phenoxy) is 2. The summed E-state index contributed by atoms with van der Waals surface area (Å²) in [6.45, 7) is 2.26. The molecule has 1 aromatic heterocycles. The van der Waals surface area contributed by atoms with E-state index in [0.29, 0.717) is 18.1 Å². The Morgan fingerprint density at radius 1 is 0.962 bits per heavy atom. The van der Waals surface area contributed by atoms with Gasteiger partial charge in [0.05, 0.1) is 44.0 Å². The highest BCUT2D eigenvalue weighted by atomic mass is 32.3. The summed E-state index contributed by atoms with van der Waals surface area (Å²) in [4.78, 5) is 40.0. The summed E-state index contributed by atoms with van der Waals surface area (Å²) in [5, 5.41) is 3.23. The van der Waals surface area contributed by atoms with E-state index in [1.165, 1.54) is 32.2 Å². The molecule has 0 spiro atoms. The van der Waals surface area contributed by atoms with Crippen LogP contribution in [0.3, 0.4) is 0 Å². The number of hydrogen-bond donors (Lipinski definition) is 3. The molecule has 0 unspecified atom stereocenters. The van der Waals surface area contributed by atoms with Crippen LogP contribution in [0.1, 0.15) is 48.2 Å². The molecule has 0 radical (unpaired) electrons. The molecular formula is C34H36F5N3O9S. The number of carbonyl (C=O) groups excluding carboxylic acids is 1. The lowest BCUT2D eigenvalue weighted by Crippen LogP contribution is -2.45. The topological polar surface area (TPSA) is 166 Å². The lowest BCUT2D eigenvalue weighted by atomic mass is 10.0. The van der Waals surface area contributed by atoms with Crippen LogP contribution in [0, 0.1) is 18.6 Å². The van der Waals surface area contributed by atoms with E-state index in [2.05, 4.69) is 5.32 Å². The summed E-state index contributed by atoms with van der Waals surface area (Å²) in [6.07, 6.45) is -4.47. The molecule has 0 fully saturated rings. The maximum absolute atomic E-state index is 15.6.